The number of Topliss-reactive ketones (excluding diaryl/α,β-unsaturated/α-hetero) is 1. The molecule has 0 aromatic heterocycles. The zero-order valence-electron chi connectivity index (χ0n) is 38.7. The first-order chi connectivity index (χ1) is 30.9. The Bertz CT molecular complexity index is 2830. The first-order valence-corrected chi connectivity index (χ1v) is 27.2. The maximum absolute atomic E-state index is 12.4. The number of unbranched alkanes of at least 4 members (excludes halogenated alkanes) is 2. The van der Waals surface area contributed by atoms with Crippen LogP contribution in [0.15, 0.2) is 119 Å². The first kappa shape index (κ1) is 50.7. The highest BCUT2D eigenvalue weighted by Crippen LogP contribution is 2.49. The Morgan fingerprint density at radius 1 is 0.788 bits per heavy atom. The van der Waals surface area contributed by atoms with Gasteiger partial charge in [0, 0.05) is 59.8 Å². The summed E-state index contributed by atoms with van der Waals surface area (Å²) in [6, 6.07) is 20.4. The van der Waals surface area contributed by atoms with Crippen molar-refractivity contribution in [3.05, 3.63) is 130 Å². The van der Waals surface area contributed by atoms with Gasteiger partial charge in [0.2, 0.25) is 5.69 Å². The van der Waals surface area contributed by atoms with E-state index in [2.05, 4.69) is 42.7 Å². The van der Waals surface area contributed by atoms with Crippen molar-refractivity contribution in [3.8, 4) is 5.75 Å². The Hall–Kier alpha value is -4.71. The number of hydrogen-bond donors (Lipinski definition) is 3. The van der Waals surface area contributed by atoms with Gasteiger partial charge in [-0.25, -0.2) is 0 Å². The molecular weight excluding hydrogens is 901 g/mol. The van der Waals surface area contributed by atoms with Crippen LogP contribution in [-0.4, -0.2) is 79.6 Å². The van der Waals surface area contributed by atoms with Gasteiger partial charge in [0.15, 0.2) is 5.71 Å². The lowest BCUT2D eigenvalue weighted by atomic mass is 9.81. The zero-order valence-corrected chi connectivity index (χ0v) is 41.1. The van der Waals surface area contributed by atoms with Gasteiger partial charge < -0.3 is 9.64 Å². The van der Waals surface area contributed by atoms with Crippen molar-refractivity contribution in [1.29, 1.82) is 0 Å². The lowest BCUT2D eigenvalue weighted by Crippen LogP contribution is -2.28. The summed E-state index contributed by atoms with van der Waals surface area (Å²) < 4.78 is 109. The van der Waals surface area contributed by atoms with E-state index >= 15 is 0 Å². The maximum Gasteiger partial charge on any atom is 0.294 e. The summed E-state index contributed by atoms with van der Waals surface area (Å²) in [7, 11) is -12.8. The Balaban J connectivity index is 1.44. The van der Waals surface area contributed by atoms with Crippen LogP contribution < -0.4 is 9.64 Å². The standard InChI is InChI=1S/C50H62N2O11S3/c1-35(2)45(53)27-20-36-18-23-39(24-19-36)63-48-37(21-28-46-49(3,4)41-16-7-8-17-43(41)51(46)30-9-11-32-64(54,55)56)14-13-15-38(48)22-29-47-50(5,6)42-34-40(66(60,61)62)25-26-44(42)52(47)31-10-12-33-65(57,58)59/h7-8,16-19,21-26,28-29,34-35H,9-15,20,27,30-33H2,1-6H3,(H2-,54,55,56,57,58,59,60,61,62)/p+1. The van der Waals surface area contributed by atoms with Crippen molar-refractivity contribution in [2.75, 3.05) is 29.5 Å². The number of carbonyl (C=O) groups excluding carboxylic acids is 1. The molecular formula is C50H63N2O11S3+. The van der Waals surface area contributed by atoms with Gasteiger partial charge in [-0.05, 0) is 124 Å². The maximum atomic E-state index is 12.4. The second-order valence-corrected chi connectivity index (χ2v) is 23.3. The molecule has 2 aliphatic heterocycles. The highest BCUT2D eigenvalue weighted by molar-refractivity contribution is 7.86. The molecule has 3 aliphatic rings. The van der Waals surface area contributed by atoms with Gasteiger partial charge in [-0.2, -0.15) is 29.8 Å². The lowest BCUT2D eigenvalue weighted by Gasteiger charge is -2.27. The zero-order chi connectivity index (χ0) is 48.2. The molecule has 0 fully saturated rings. The molecule has 0 spiro atoms. The minimum absolute atomic E-state index is 0.0351. The van der Waals surface area contributed by atoms with Gasteiger partial charge in [0.05, 0.1) is 21.8 Å². The van der Waals surface area contributed by atoms with Crippen LogP contribution in [-0.2, 0) is 52.4 Å². The third-order valence-electron chi connectivity index (χ3n) is 12.8. The predicted octanol–water partition coefficient (Wildman–Crippen LogP) is 9.48. The van der Waals surface area contributed by atoms with E-state index in [0.29, 0.717) is 75.1 Å². The van der Waals surface area contributed by atoms with Crippen molar-refractivity contribution in [2.45, 2.75) is 115 Å². The van der Waals surface area contributed by atoms with Crippen LogP contribution in [0.5, 0.6) is 5.75 Å². The normalized spacial score (nSPS) is 18.5. The fourth-order valence-electron chi connectivity index (χ4n) is 9.16. The van der Waals surface area contributed by atoms with Gasteiger partial charge in [-0.1, -0.05) is 64.1 Å². The molecule has 1 aliphatic carbocycles. The van der Waals surface area contributed by atoms with E-state index in [-0.39, 0.29) is 28.8 Å². The number of nitrogens with zero attached hydrogens (tertiary/aromatic N) is 2. The van der Waals surface area contributed by atoms with Crippen molar-refractivity contribution in [2.24, 2.45) is 5.92 Å². The van der Waals surface area contributed by atoms with Crippen LogP contribution in [0.1, 0.15) is 110 Å². The van der Waals surface area contributed by atoms with E-state index in [9.17, 15) is 43.7 Å². The first-order valence-electron chi connectivity index (χ1n) is 22.5. The SMILES string of the molecule is CC(C)C(=O)CCc1ccc(OC2=C(C=CC3=[N+](CCCCS(=O)(=O)O)c4ccccc4C3(C)C)CCCC2=CC=C2N(CCCCS(=O)(=O)O)c3ccc(S(=O)(=O)O)cc3C2(C)C)cc1. The summed E-state index contributed by atoms with van der Waals surface area (Å²) >= 11 is 0. The van der Waals surface area contributed by atoms with Crippen LogP contribution >= 0.6 is 0 Å². The van der Waals surface area contributed by atoms with E-state index in [1.807, 2.05) is 81.1 Å². The quantitative estimate of drug-likeness (QED) is 0.0552. The molecule has 0 bridgehead atoms. The lowest BCUT2D eigenvalue weighted by molar-refractivity contribution is -0.438. The van der Waals surface area contributed by atoms with Crippen molar-refractivity contribution in [1.82, 2.24) is 0 Å². The van der Waals surface area contributed by atoms with Crippen LogP contribution in [0.3, 0.4) is 0 Å². The Kier molecular flexibility index (Phi) is 15.6. The smallest absolute Gasteiger partial charge is 0.294 e. The summed E-state index contributed by atoms with van der Waals surface area (Å²) in [4.78, 5) is 14.2. The predicted molar refractivity (Wildman–Crippen MR) is 259 cm³/mol. The van der Waals surface area contributed by atoms with E-state index in [1.165, 1.54) is 12.1 Å². The Morgan fingerprint density at radius 2 is 1.45 bits per heavy atom. The molecule has 0 atom stereocenters. The second kappa shape index (κ2) is 20.3. The summed E-state index contributed by atoms with van der Waals surface area (Å²) in [5.41, 5.74) is 7.15. The number of rotatable bonds is 20. The molecule has 66 heavy (non-hydrogen) atoms. The number of ketones is 1. The fraction of sp³-hybridized carbons (Fsp3) is 0.440. The highest BCUT2D eigenvalue weighted by Gasteiger charge is 2.44. The summed E-state index contributed by atoms with van der Waals surface area (Å²) in [5.74, 6) is 0.751. The number of hydrogen-bond acceptors (Lipinski definition) is 9. The topological polar surface area (TPSA) is 196 Å². The molecule has 356 valence electrons. The highest BCUT2D eigenvalue weighted by atomic mass is 32.2. The number of carbonyl (C=O) groups is 1. The van der Waals surface area contributed by atoms with Gasteiger partial charge in [-0.3, -0.25) is 18.5 Å². The van der Waals surface area contributed by atoms with E-state index in [0.717, 1.165) is 51.5 Å². The molecule has 13 nitrogen and oxygen atoms in total. The molecule has 0 amide bonds. The molecule has 0 saturated carbocycles. The number of anilines is 1. The molecule has 0 radical (unpaired) electrons. The summed E-state index contributed by atoms with van der Waals surface area (Å²) in [6.07, 6.45) is 13.0. The van der Waals surface area contributed by atoms with Gasteiger partial charge in [0.1, 0.15) is 23.8 Å². The molecule has 2 heterocycles. The Morgan fingerprint density at radius 3 is 2.11 bits per heavy atom. The van der Waals surface area contributed by atoms with Crippen molar-refractivity contribution >= 4 is 53.2 Å². The molecule has 3 aromatic carbocycles. The van der Waals surface area contributed by atoms with Crippen LogP contribution in [0, 0.1) is 5.92 Å². The average molecular weight is 964 g/mol. The van der Waals surface area contributed by atoms with Crippen molar-refractivity contribution < 1.29 is 53.0 Å². The Labute approximate surface area is 390 Å². The number of benzene rings is 3. The number of aryl methyl sites for hydroxylation is 1. The minimum atomic E-state index is -4.51. The number of ether oxygens (including phenoxy) is 1. The molecule has 0 saturated heterocycles. The van der Waals surface area contributed by atoms with Crippen LogP contribution in [0.4, 0.5) is 11.4 Å². The van der Waals surface area contributed by atoms with Gasteiger partial charge in [0.25, 0.3) is 30.4 Å². The monoisotopic (exact) mass is 963 g/mol. The number of allylic oxidation sites excluding steroid dienone is 7. The van der Waals surface area contributed by atoms with Gasteiger partial charge in [-0.15, -0.1) is 0 Å². The summed E-state index contributed by atoms with van der Waals surface area (Å²) in [5, 5.41) is 0. The largest absolute Gasteiger partial charge is 0.457 e. The fourth-order valence-corrected chi connectivity index (χ4v) is 10.8. The molecule has 3 aromatic rings. The number of fused-ring (bicyclic) bond motifs is 2. The van der Waals surface area contributed by atoms with E-state index < -0.39 is 46.9 Å². The molecule has 3 N–H and O–H groups in total. The van der Waals surface area contributed by atoms with Crippen LogP contribution in [0.25, 0.3) is 0 Å². The van der Waals surface area contributed by atoms with E-state index in [4.69, 9.17) is 4.74 Å². The molecule has 0 unspecified atom stereocenters. The van der Waals surface area contributed by atoms with Crippen molar-refractivity contribution in [3.63, 3.8) is 0 Å². The van der Waals surface area contributed by atoms with Gasteiger partial charge >= 0.3 is 0 Å². The minimum Gasteiger partial charge on any atom is -0.457 e. The third-order valence-corrected chi connectivity index (χ3v) is 15.3. The second-order valence-electron chi connectivity index (χ2n) is 18.7. The molecule has 6 rings (SSSR count). The summed E-state index contributed by atoms with van der Waals surface area (Å²) in [6.45, 7) is 13.0. The number of para-hydroxylation sites is 1. The third kappa shape index (κ3) is 12.2. The van der Waals surface area contributed by atoms with Crippen LogP contribution in [0.2, 0.25) is 0 Å². The van der Waals surface area contributed by atoms with E-state index in [1.54, 1.807) is 6.07 Å². The molecule has 16 heteroatoms. The average Bonchev–Trinajstić information content (AvgIpc) is 3.58.